The summed E-state index contributed by atoms with van der Waals surface area (Å²) in [5.74, 6) is 0.571. The van der Waals surface area contributed by atoms with Gasteiger partial charge >= 0.3 is 0 Å². The second-order valence-corrected chi connectivity index (χ2v) is 10.3. The van der Waals surface area contributed by atoms with Gasteiger partial charge in [0.1, 0.15) is 5.75 Å². The van der Waals surface area contributed by atoms with Crippen LogP contribution in [0.4, 0.5) is 23.0 Å². The molecule has 1 aliphatic heterocycles. The van der Waals surface area contributed by atoms with Gasteiger partial charge in [-0.25, -0.2) is 9.97 Å². The normalized spacial score (nSPS) is 14.2. The number of carbonyl (C=O) groups excluding carboxylic acids is 2. The van der Waals surface area contributed by atoms with Crippen molar-refractivity contribution >= 4 is 34.8 Å². The van der Waals surface area contributed by atoms with E-state index in [0.29, 0.717) is 36.0 Å². The SMILES string of the molecule is C=CC(=O)Nc1cccc(C(=O)Nc2cc3cc(c2)Nc2ncc(C)c(n2)-c2cccc(c2)OCC/C=C/CN(C)C3)c1. The van der Waals surface area contributed by atoms with Crippen LogP contribution in [0.25, 0.3) is 11.3 Å². The van der Waals surface area contributed by atoms with E-state index < -0.39 is 0 Å². The van der Waals surface area contributed by atoms with Gasteiger partial charge in [-0.3, -0.25) is 14.5 Å². The van der Waals surface area contributed by atoms with Crippen LogP contribution in [0, 0.1) is 6.92 Å². The Balaban J connectivity index is 1.47. The van der Waals surface area contributed by atoms with Crippen LogP contribution in [-0.2, 0) is 11.3 Å². The predicted molar refractivity (Wildman–Crippen MR) is 171 cm³/mol. The monoisotopic (exact) mass is 574 g/mol. The summed E-state index contributed by atoms with van der Waals surface area (Å²) in [5.41, 5.74) is 5.93. The minimum atomic E-state index is -0.348. The maximum Gasteiger partial charge on any atom is 0.255 e. The van der Waals surface area contributed by atoms with Crippen LogP contribution >= 0.6 is 0 Å². The molecule has 9 nitrogen and oxygen atoms in total. The van der Waals surface area contributed by atoms with Gasteiger partial charge in [0.15, 0.2) is 0 Å². The third-order valence-corrected chi connectivity index (χ3v) is 6.75. The van der Waals surface area contributed by atoms with E-state index in [-0.39, 0.29) is 11.8 Å². The van der Waals surface area contributed by atoms with Gasteiger partial charge in [-0.2, -0.15) is 0 Å². The lowest BCUT2D eigenvalue weighted by Crippen LogP contribution is -2.18. The van der Waals surface area contributed by atoms with E-state index in [2.05, 4.69) is 44.6 Å². The molecule has 9 heteroatoms. The number of benzene rings is 3. The summed E-state index contributed by atoms with van der Waals surface area (Å²) in [6.45, 7) is 7.42. The molecule has 0 atom stereocenters. The number of rotatable bonds is 4. The van der Waals surface area contributed by atoms with Gasteiger partial charge in [0.2, 0.25) is 11.9 Å². The molecule has 0 saturated carbocycles. The molecule has 3 aromatic carbocycles. The summed E-state index contributed by atoms with van der Waals surface area (Å²) in [6.07, 6.45) is 8.02. The number of aryl methyl sites for hydroxylation is 1. The first-order valence-corrected chi connectivity index (χ1v) is 14.0. The number of hydrogen-bond donors (Lipinski definition) is 3. The summed E-state index contributed by atoms with van der Waals surface area (Å²) >= 11 is 0. The van der Waals surface area contributed by atoms with Crippen molar-refractivity contribution in [3.63, 3.8) is 0 Å². The lowest BCUT2D eigenvalue weighted by Gasteiger charge is -2.18. The molecule has 0 spiro atoms. The number of hydrogen-bond acceptors (Lipinski definition) is 7. The standard InChI is InChI=1S/C34H34N6O3/c1-4-31(41)36-27-12-8-11-26(18-27)33(42)37-28-16-24-17-29(20-28)38-34-35-21-23(2)32(39-34)25-10-9-13-30(19-25)43-15-7-5-6-14-40(3)22-24/h4-6,8-13,16-21H,1,7,14-15,22H2,2-3H3,(H,36,41)(H,37,42)(H,35,38,39)/b6-5+. The Morgan fingerprint density at radius 3 is 2.74 bits per heavy atom. The fourth-order valence-electron chi connectivity index (χ4n) is 4.71. The van der Waals surface area contributed by atoms with Gasteiger partial charge in [0, 0.05) is 47.5 Å². The molecule has 3 N–H and O–H groups in total. The highest BCUT2D eigenvalue weighted by Gasteiger charge is 2.13. The van der Waals surface area contributed by atoms with Crippen LogP contribution < -0.4 is 20.7 Å². The van der Waals surface area contributed by atoms with E-state index >= 15 is 0 Å². The van der Waals surface area contributed by atoms with E-state index in [9.17, 15) is 9.59 Å². The minimum Gasteiger partial charge on any atom is -0.493 e. The van der Waals surface area contributed by atoms with Crippen LogP contribution in [0.1, 0.15) is 27.9 Å². The minimum absolute atomic E-state index is 0.306. The van der Waals surface area contributed by atoms with Crippen LogP contribution in [0.2, 0.25) is 0 Å². The molecular weight excluding hydrogens is 540 g/mol. The zero-order valence-electron chi connectivity index (χ0n) is 24.3. The smallest absolute Gasteiger partial charge is 0.255 e. The number of aromatic nitrogens is 2. The van der Waals surface area contributed by atoms with E-state index in [1.54, 1.807) is 30.5 Å². The number of nitrogens with one attached hydrogen (secondary N) is 3. The van der Waals surface area contributed by atoms with Gasteiger partial charge in [-0.15, -0.1) is 0 Å². The van der Waals surface area contributed by atoms with Crippen LogP contribution in [0.15, 0.2) is 97.7 Å². The Labute approximate surface area is 251 Å². The first-order chi connectivity index (χ1) is 20.9. The Kier molecular flexibility index (Phi) is 9.23. The lowest BCUT2D eigenvalue weighted by molar-refractivity contribution is -0.111. The summed E-state index contributed by atoms with van der Waals surface area (Å²) in [6, 6.07) is 20.5. The summed E-state index contributed by atoms with van der Waals surface area (Å²) in [4.78, 5) is 36.5. The average molecular weight is 575 g/mol. The van der Waals surface area contributed by atoms with Crippen LogP contribution in [-0.4, -0.2) is 46.9 Å². The molecule has 43 heavy (non-hydrogen) atoms. The van der Waals surface area contributed by atoms with Gasteiger partial charge in [0.25, 0.3) is 5.91 Å². The maximum atomic E-state index is 13.3. The fraction of sp³-hybridized carbons (Fsp3) is 0.176. The molecule has 1 aliphatic rings. The van der Waals surface area contributed by atoms with Crippen molar-refractivity contribution in [1.82, 2.24) is 14.9 Å². The number of carbonyl (C=O) groups is 2. The van der Waals surface area contributed by atoms with Gasteiger partial charge in [0.05, 0.1) is 12.3 Å². The molecule has 0 fully saturated rings. The zero-order valence-corrected chi connectivity index (χ0v) is 24.3. The molecule has 2 heterocycles. The summed E-state index contributed by atoms with van der Waals surface area (Å²) in [5, 5.41) is 9.03. The predicted octanol–water partition coefficient (Wildman–Crippen LogP) is 6.34. The number of fused-ring (bicyclic) bond motifs is 7. The highest BCUT2D eigenvalue weighted by Crippen LogP contribution is 2.28. The topological polar surface area (TPSA) is 108 Å². The molecule has 0 aliphatic carbocycles. The number of anilines is 4. The van der Waals surface area contributed by atoms with Crippen molar-refractivity contribution in [3.8, 4) is 17.0 Å². The van der Waals surface area contributed by atoms with Crippen molar-refractivity contribution in [2.45, 2.75) is 19.9 Å². The molecule has 0 radical (unpaired) electrons. The molecule has 218 valence electrons. The molecule has 0 unspecified atom stereocenters. The van der Waals surface area contributed by atoms with Gasteiger partial charge in [-0.05, 0) is 86.1 Å². The number of amides is 2. The van der Waals surface area contributed by atoms with E-state index in [1.165, 1.54) is 6.08 Å². The molecular formula is C34H34N6O3. The molecule has 2 amide bonds. The Bertz CT molecular complexity index is 1680. The first kappa shape index (κ1) is 29.2. The van der Waals surface area contributed by atoms with Crippen molar-refractivity contribution in [2.24, 2.45) is 0 Å². The molecule has 6 bridgehead atoms. The van der Waals surface area contributed by atoms with E-state index in [1.807, 2.05) is 56.4 Å². The van der Waals surface area contributed by atoms with E-state index in [4.69, 9.17) is 9.72 Å². The third kappa shape index (κ3) is 7.93. The second-order valence-electron chi connectivity index (χ2n) is 10.3. The van der Waals surface area contributed by atoms with Crippen molar-refractivity contribution in [3.05, 3.63) is 114 Å². The highest BCUT2D eigenvalue weighted by atomic mass is 16.5. The first-order valence-electron chi connectivity index (χ1n) is 14.0. The lowest BCUT2D eigenvalue weighted by atomic mass is 10.1. The van der Waals surface area contributed by atoms with Crippen LogP contribution in [0.5, 0.6) is 5.75 Å². The Morgan fingerprint density at radius 1 is 1.02 bits per heavy atom. The van der Waals surface area contributed by atoms with Crippen molar-refractivity contribution in [1.29, 1.82) is 0 Å². The van der Waals surface area contributed by atoms with E-state index in [0.717, 1.165) is 46.8 Å². The van der Waals surface area contributed by atoms with Gasteiger partial charge in [-0.1, -0.05) is 36.9 Å². The maximum absolute atomic E-state index is 13.3. The fourth-order valence-corrected chi connectivity index (χ4v) is 4.71. The number of ether oxygens (including phenoxy) is 1. The average Bonchev–Trinajstić information content (AvgIpc) is 2.99. The van der Waals surface area contributed by atoms with Gasteiger partial charge < -0.3 is 20.7 Å². The third-order valence-electron chi connectivity index (χ3n) is 6.75. The molecule has 4 aromatic rings. The number of nitrogens with zero attached hydrogens (tertiary/aromatic N) is 3. The van der Waals surface area contributed by atoms with Crippen LogP contribution in [0.3, 0.4) is 0 Å². The number of likely N-dealkylation sites (N-methyl/N-ethyl adjacent to an activating group) is 1. The largest absolute Gasteiger partial charge is 0.493 e. The van der Waals surface area contributed by atoms with Crippen molar-refractivity contribution < 1.29 is 14.3 Å². The highest BCUT2D eigenvalue weighted by molar-refractivity contribution is 6.06. The van der Waals surface area contributed by atoms with Crippen molar-refractivity contribution in [2.75, 3.05) is 36.1 Å². The zero-order chi connectivity index (χ0) is 30.2. The molecule has 1 aromatic heterocycles. The Morgan fingerprint density at radius 2 is 1.88 bits per heavy atom. The quantitative estimate of drug-likeness (QED) is 0.193. The molecule has 0 saturated heterocycles. The summed E-state index contributed by atoms with van der Waals surface area (Å²) in [7, 11) is 2.04. The molecule has 5 rings (SSSR count). The summed E-state index contributed by atoms with van der Waals surface area (Å²) < 4.78 is 5.99. The second kappa shape index (κ2) is 13.6. The Hall–Kier alpha value is -5.28.